The number of halogens is 1. The molecule has 0 saturated heterocycles. The Hall–Kier alpha value is -1.22. The van der Waals surface area contributed by atoms with Crippen molar-refractivity contribution >= 4 is 5.78 Å². The highest BCUT2D eigenvalue weighted by Gasteiger charge is 2.13. The Bertz CT molecular complexity index is 349. The summed E-state index contributed by atoms with van der Waals surface area (Å²) in [5.74, 6) is -0.288. The molecule has 1 aromatic carbocycles. The summed E-state index contributed by atoms with van der Waals surface area (Å²) in [6, 6.07) is 5.94. The summed E-state index contributed by atoms with van der Waals surface area (Å²) in [7, 11) is 0. The Morgan fingerprint density at radius 1 is 1.25 bits per heavy atom. The van der Waals surface area contributed by atoms with Crippen LogP contribution in [0, 0.1) is 5.82 Å². The van der Waals surface area contributed by atoms with Crippen molar-refractivity contribution in [3.05, 3.63) is 35.6 Å². The number of carbonyl (C=O) groups is 1. The average molecular weight is 224 g/mol. The van der Waals surface area contributed by atoms with Crippen LogP contribution in [0.2, 0.25) is 0 Å². The zero-order chi connectivity index (χ0) is 12.2. The van der Waals surface area contributed by atoms with Crippen LogP contribution < -0.4 is 0 Å². The van der Waals surface area contributed by atoms with E-state index in [-0.39, 0.29) is 30.2 Å². The predicted octanol–water partition coefficient (Wildman–Crippen LogP) is 2.75. The van der Waals surface area contributed by atoms with Crippen molar-refractivity contribution in [1.29, 1.82) is 0 Å². The van der Waals surface area contributed by atoms with Crippen molar-refractivity contribution in [2.45, 2.75) is 32.8 Å². The molecule has 0 amide bonds. The highest BCUT2D eigenvalue weighted by atomic mass is 19.1. The lowest BCUT2D eigenvalue weighted by atomic mass is 10.1. The number of hydrogen-bond donors (Lipinski definition) is 0. The smallest absolute Gasteiger partial charge is 0.162 e. The predicted molar refractivity (Wildman–Crippen MR) is 60.8 cm³/mol. The number of ether oxygens (including phenoxy) is 1. The molecule has 0 atom stereocenters. The summed E-state index contributed by atoms with van der Waals surface area (Å²) in [6.07, 6.45) is 0.288. The fourth-order valence-corrected chi connectivity index (χ4v) is 1.18. The molecule has 1 aromatic rings. The van der Waals surface area contributed by atoms with Crippen LogP contribution in [0.1, 0.15) is 26.3 Å². The molecule has 2 nitrogen and oxygen atoms in total. The lowest BCUT2D eigenvalue weighted by molar-refractivity contribution is -0.127. The zero-order valence-electron chi connectivity index (χ0n) is 9.92. The van der Waals surface area contributed by atoms with Crippen LogP contribution in [0.25, 0.3) is 0 Å². The molecule has 16 heavy (non-hydrogen) atoms. The summed E-state index contributed by atoms with van der Waals surface area (Å²) < 4.78 is 18.0. The monoisotopic (exact) mass is 224 g/mol. The van der Waals surface area contributed by atoms with E-state index in [0.29, 0.717) is 0 Å². The first kappa shape index (κ1) is 12.8. The van der Waals surface area contributed by atoms with Crippen molar-refractivity contribution in [3.8, 4) is 0 Å². The molecule has 0 heterocycles. The van der Waals surface area contributed by atoms with E-state index in [9.17, 15) is 9.18 Å². The normalized spacial score (nSPS) is 11.5. The molecule has 1 rings (SSSR count). The first-order valence-electron chi connectivity index (χ1n) is 5.27. The minimum absolute atomic E-state index is 0.00142. The molecule has 0 radical (unpaired) electrons. The number of carbonyl (C=O) groups excluding carboxylic acids is 1. The summed E-state index contributed by atoms with van der Waals surface area (Å²) in [6.45, 7) is 5.80. The number of rotatable bonds is 4. The SMILES string of the molecule is CC(C)(C)OCC(=O)Cc1ccc(F)cc1. The Balaban J connectivity index is 2.43. The van der Waals surface area contributed by atoms with E-state index in [1.54, 1.807) is 12.1 Å². The standard InChI is InChI=1S/C13H17FO2/c1-13(2,3)16-9-12(15)8-10-4-6-11(14)7-5-10/h4-7H,8-9H2,1-3H3. The first-order chi connectivity index (χ1) is 7.37. The van der Waals surface area contributed by atoms with E-state index in [4.69, 9.17) is 4.74 Å². The van der Waals surface area contributed by atoms with Gasteiger partial charge in [-0.3, -0.25) is 4.79 Å². The van der Waals surface area contributed by atoms with Gasteiger partial charge in [0.2, 0.25) is 0 Å². The maximum absolute atomic E-state index is 12.6. The van der Waals surface area contributed by atoms with Gasteiger partial charge in [0.1, 0.15) is 12.4 Å². The maximum Gasteiger partial charge on any atom is 0.162 e. The van der Waals surface area contributed by atoms with Gasteiger partial charge in [0.05, 0.1) is 5.60 Å². The van der Waals surface area contributed by atoms with Crippen LogP contribution in [0.3, 0.4) is 0 Å². The van der Waals surface area contributed by atoms with Gasteiger partial charge in [0.25, 0.3) is 0 Å². The van der Waals surface area contributed by atoms with Crippen LogP contribution in [0.4, 0.5) is 4.39 Å². The van der Waals surface area contributed by atoms with E-state index in [2.05, 4.69) is 0 Å². The van der Waals surface area contributed by atoms with E-state index in [1.165, 1.54) is 12.1 Å². The van der Waals surface area contributed by atoms with Gasteiger partial charge in [-0.2, -0.15) is 0 Å². The number of ketones is 1. The van der Waals surface area contributed by atoms with Gasteiger partial charge in [0, 0.05) is 6.42 Å². The molecule has 0 aliphatic heterocycles. The second-order valence-electron chi connectivity index (χ2n) is 4.74. The molecular formula is C13H17FO2. The highest BCUT2D eigenvalue weighted by molar-refractivity contribution is 5.82. The van der Waals surface area contributed by atoms with Crippen molar-refractivity contribution in [2.75, 3.05) is 6.61 Å². The summed E-state index contributed by atoms with van der Waals surface area (Å²) in [5.41, 5.74) is 0.502. The van der Waals surface area contributed by atoms with Crippen LogP contribution in [0.5, 0.6) is 0 Å². The van der Waals surface area contributed by atoms with Crippen molar-refractivity contribution < 1.29 is 13.9 Å². The van der Waals surface area contributed by atoms with Crippen LogP contribution >= 0.6 is 0 Å². The Kier molecular flexibility index (Phi) is 4.19. The molecule has 0 unspecified atom stereocenters. The van der Waals surface area contributed by atoms with Gasteiger partial charge in [0.15, 0.2) is 5.78 Å². The molecule has 0 aliphatic rings. The summed E-state index contributed by atoms with van der Waals surface area (Å²) in [4.78, 5) is 11.5. The van der Waals surface area contributed by atoms with Crippen molar-refractivity contribution in [3.63, 3.8) is 0 Å². The fourth-order valence-electron chi connectivity index (χ4n) is 1.18. The van der Waals surface area contributed by atoms with E-state index in [1.807, 2.05) is 20.8 Å². The van der Waals surface area contributed by atoms with Crippen LogP contribution in [-0.2, 0) is 16.0 Å². The molecular weight excluding hydrogens is 207 g/mol. The Morgan fingerprint density at radius 2 is 1.81 bits per heavy atom. The highest BCUT2D eigenvalue weighted by Crippen LogP contribution is 2.08. The minimum Gasteiger partial charge on any atom is -0.368 e. The van der Waals surface area contributed by atoms with Gasteiger partial charge in [-0.25, -0.2) is 4.39 Å². The van der Waals surface area contributed by atoms with Crippen molar-refractivity contribution in [2.24, 2.45) is 0 Å². The molecule has 88 valence electrons. The van der Waals surface area contributed by atoms with Gasteiger partial charge in [-0.1, -0.05) is 12.1 Å². The second-order valence-corrected chi connectivity index (χ2v) is 4.74. The summed E-state index contributed by atoms with van der Waals surface area (Å²) >= 11 is 0. The third-order valence-electron chi connectivity index (χ3n) is 1.98. The minimum atomic E-state index is -0.307. The molecule has 3 heteroatoms. The molecule has 0 spiro atoms. The van der Waals surface area contributed by atoms with Gasteiger partial charge >= 0.3 is 0 Å². The molecule has 0 bridgehead atoms. The van der Waals surface area contributed by atoms with Crippen LogP contribution in [-0.4, -0.2) is 18.0 Å². The number of Topliss-reactive ketones (excluding diaryl/α,β-unsaturated/α-hetero) is 1. The third kappa shape index (κ3) is 5.03. The number of benzene rings is 1. The van der Waals surface area contributed by atoms with Crippen molar-refractivity contribution in [1.82, 2.24) is 0 Å². The quantitative estimate of drug-likeness (QED) is 0.786. The largest absolute Gasteiger partial charge is 0.368 e. The van der Waals surface area contributed by atoms with Gasteiger partial charge < -0.3 is 4.74 Å². The molecule has 0 aromatic heterocycles. The topological polar surface area (TPSA) is 26.3 Å². The Labute approximate surface area is 95.4 Å². The Morgan fingerprint density at radius 3 is 2.31 bits per heavy atom. The molecule has 0 aliphatic carbocycles. The van der Waals surface area contributed by atoms with Gasteiger partial charge in [-0.15, -0.1) is 0 Å². The number of hydrogen-bond acceptors (Lipinski definition) is 2. The summed E-state index contributed by atoms with van der Waals surface area (Å²) in [5, 5.41) is 0. The molecule has 0 saturated carbocycles. The van der Waals surface area contributed by atoms with E-state index >= 15 is 0 Å². The first-order valence-corrected chi connectivity index (χ1v) is 5.27. The lowest BCUT2D eigenvalue weighted by Gasteiger charge is -2.18. The second kappa shape index (κ2) is 5.21. The molecule has 0 fully saturated rings. The van der Waals surface area contributed by atoms with E-state index < -0.39 is 0 Å². The van der Waals surface area contributed by atoms with Gasteiger partial charge in [-0.05, 0) is 38.5 Å². The average Bonchev–Trinajstić information content (AvgIpc) is 2.18. The van der Waals surface area contributed by atoms with E-state index in [0.717, 1.165) is 5.56 Å². The fraction of sp³-hybridized carbons (Fsp3) is 0.462. The third-order valence-corrected chi connectivity index (χ3v) is 1.98. The molecule has 0 N–H and O–H groups in total. The lowest BCUT2D eigenvalue weighted by Crippen LogP contribution is -2.24. The zero-order valence-corrected chi connectivity index (χ0v) is 9.92. The van der Waals surface area contributed by atoms with Crippen LogP contribution in [0.15, 0.2) is 24.3 Å². The maximum atomic E-state index is 12.6.